The van der Waals surface area contributed by atoms with Crippen molar-refractivity contribution < 1.29 is 9.59 Å². The van der Waals surface area contributed by atoms with Gasteiger partial charge in [-0.2, -0.15) is 0 Å². The zero-order chi connectivity index (χ0) is 28.0. The first-order valence-corrected chi connectivity index (χ1v) is 14.0. The molecule has 1 N–H and O–H groups in total. The number of nitrogens with one attached hydrogen (secondary N) is 1. The summed E-state index contributed by atoms with van der Waals surface area (Å²) in [5.41, 5.74) is 5.18. The van der Waals surface area contributed by atoms with Gasteiger partial charge in [-0.25, -0.2) is 0 Å². The van der Waals surface area contributed by atoms with Crippen molar-refractivity contribution in [1.29, 1.82) is 0 Å². The highest BCUT2D eigenvalue weighted by Gasteiger charge is 2.23. The van der Waals surface area contributed by atoms with Gasteiger partial charge in [0.1, 0.15) is 6.54 Å². The van der Waals surface area contributed by atoms with Crippen molar-refractivity contribution >= 4 is 34.3 Å². The fourth-order valence-electron chi connectivity index (χ4n) is 4.78. The number of fused-ring (bicyclic) bond motifs is 1. The number of hydrogen-bond acceptors (Lipinski definition) is 2. The van der Waals surface area contributed by atoms with Crippen LogP contribution in [0.5, 0.6) is 0 Å². The zero-order valence-corrected chi connectivity index (χ0v) is 24.1. The second-order valence-corrected chi connectivity index (χ2v) is 11.5. The van der Waals surface area contributed by atoms with Crippen LogP contribution in [0.15, 0.2) is 79.0 Å². The van der Waals surface area contributed by atoms with Crippen LogP contribution in [0, 0.1) is 0 Å². The summed E-state index contributed by atoms with van der Waals surface area (Å²) in [6, 6.07) is 23.5. The SMILES string of the molecule is CCCN(CC(=O)N(CCc1c[nH]c2ccccc12)Cc1ccc(C(C)(C)C)cc1)C(=O)c1ccc(Cl)cc1. The normalized spacial score (nSPS) is 11.5. The predicted molar refractivity (Wildman–Crippen MR) is 160 cm³/mol. The number of carbonyl (C=O) groups is 2. The standard InChI is InChI=1S/C33H38ClN3O2/c1-5-19-37(32(39)25-12-16-28(34)17-13-25)23-31(38)36(22-24-10-14-27(15-11-24)33(2,3)4)20-18-26-21-35-30-9-7-6-8-29(26)30/h6-17,21,35H,5,18-20,22-23H2,1-4H3. The van der Waals surface area contributed by atoms with Crippen molar-refractivity contribution in [2.24, 2.45) is 0 Å². The molecule has 204 valence electrons. The molecule has 39 heavy (non-hydrogen) atoms. The molecule has 0 spiro atoms. The minimum Gasteiger partial charge on any atom is -0.361 e. The van der Waals surface area contributed by atoms with Gasteiger partial charge in [-0.1, -0.05) is 81.8 Å². The molecule has 0 atom stereocenters. The van der Waals surface area contributed by atoms with Gasteiger partial charge in [0.05, 0.1) is 0 Å². The van der Waals surface area contributed by atoms with Gasteiger partial charge in [0.15, 0.2) is 0 Å². The molecule has 0 saturated carbocycles. The molecule has 2 amide bonds. The largest absolute Gasteiger partial charge is 0.361 e. The van der Waals surface area contributed by atoms with E-state index in [9.17, 15) is 9.59 Å². The number of amides is 2. The summed E-state index contributed by atoms with van der Waals surface area (Å²) in [4.78, 5) is 33.9. The summed E-state index contributed by atoms with van der Waals surface area (Å²) >= 11 is 6.02. The maximum atomic E-state index is 13.8. The van der Waals surface area contributed by atoms with Crippen molar-refractivity contribution in [2.45, 2.75) is 52.5 Å². The lowest BCUT2D eigenvalue weighted by molar-refractivity contribution is -0.132. The smallest absolute Gasteiger partial charge is 0.254 e. The number of halogens is 1. The Morgan fingerprint density at radius 2 is 1.56 bits per heavy atom. The van der Waals surface area contributed by atoms with Crippen molar-refractivity contribution in [1.82, 2.24) is 14.8 Å². The highest BCUT2D eigenvalue weighted by Crippen LogP contribution is 2.23. The first-order chi connectivity index (χ1) is 18.7. The Morgan fingerprint density at radius 1 is 0.872 bits per heavy atom. The van der Waals surface area contributed by atoms with Gasteiger partial charge < -0.3 is 14.8 Å². The van der Waals surface area contributed by atoms with Gasteiger partial charge in [-0.3, -0.25) is 9.59 Å². The highest BCUT2D eigenvalue weighted by molar-refractivity contribution is 6.30. The second-order valence-electron chi connectivity index (χ2n) is 11.1. The van der Waals surface area contributed by atoms with E-state index in [1.54, 1.807) is 29.2 Å². The number of nitrogens with zero attached hydrogens (tertiary/aromatic N) is 2. The van der Waals surface area contributed by atoms with Crippen LogP contribution in [-0.4, -0.2) is 46.2 Å². The molecular formula is C33H38ClN3O2. The molecule has 6 heteroatoms. The summed E-state index contributed by atoms with van der Waals surface area (Å²) in [5, 5.41) is 1.75. The first-order valence-electron chi connectivity index (χ1n) is 13.6. The molecule has 4 aromatic rings. The van der Waals surface area contributed by atoms with Crippen molar-refractivity contribution in [3.8, 4) is 0 Å². The van der Waals surface area contributed by atoms with E-state index >= 15 is 0 Å². The third-order valence-electron chi connectivity index (χ3n) is 7.07. The van der Waals surface area contributed by atoms with Gasteiger partial charge in [-0.15, -0.1) is 0 Å². The summed E-state index contributed by atoms with van der Waals surface area (Å²) in [7, 11) is 0. The number of aromatic nitrogens is 1. The lowest BCUT2D eigenvalue weighted by Crippen LogP contribution is -2.43. The topological polar surface area (TPSA) is 56.4 Å². The average molecular weight is 544 g/mol. The van der Waals surface area contributed by atoms with Gasteiger partial charge >= 0.3 is 0 Å². The fraction of sp³-hybridized carbons (Fsp3) is 0.333. The van der Waals surface area contributed by atoms with E-state index in [2.05, 4.69) is 62.2 Å². The monoisotopic (exact) mass is 543 g/mol. The molecule has 0 aliphatic carbocycles. The Bertz CT molecular complexity index is 1400. The second kappa shape index (κ2) is 12.5. The predicted octanol–water partition coefficient (Wildman–Crippen LogP) is 7.24. The lowest BCUT2D eigenvalue weighted by Gasteiger charge is -2.28. The quantitative estimate of drug-likeness (QED) is 0.229. The Labute approximate surface area is 236 Å². The third kappa shape index (κ3) is 7.30. The fourth-order valence-corrected chi connectivity index (χ4v) is 4.90. The molecule has 3 aromatic carbocycles. The van der Waals surface area contributed by atoms with Crippen molar-refractivity contribution in [3.63, 3.8) is 0 Å². The molecule has 1 heterocycles. The molecule has 4 rings (SSSR count). The summed E-state index contributed by atoms with van der Waals surface area (Å²) in [6.45, 7) is 10.2. The van der Waals surface area contributed by atoms with Crippen LogP contribution in [-0.2, 0) is 23.2 Å². The number of carbonyl (C=O) groups excluding carboxylic acids is 2. The number of para-hydroxylation sites is 1. The van der Waals surface area contributed by atoms with Crippen LogP contribution in [0.1, 0.15) is 61.2 Å². The van der Waals surface area contributed by atoms with Crippen LogP contribution in [0.25, 0.3) is 10.9 Å². The van der Waals surface area contributed by atoms with E-state index in [-0.39, 0.29) is 23.8 Å². The molecule has 0 aliphatic rings. The van der Waals surface area contributed by atoms with Crippen LogP contribution in [0.3, 0.4) is 0 Å². The molecule has 5 nitrogen and oxygen atoms in total. The van der Waals surface area contributed by atoms with E-state index in [0.717, 1.165) is 23.9 Å². The Balaban J connectivity index is 1.55. The minimum atomic E-state index is -0.159. The Kier molecular flexibility index (Phi) is 9.13. The maximum absolute atomic E-state index is 13.8. The van der Waals surface area contributed by atoms with Gasteiger partial charge in [0.25, 0.3) is 5.91 Å². The molecule has 0 saturated heterocycles. The zero-order valence-electron chi connectivity index (χ0n) is 23.3. The summed E-state index contributed by atoms with van der Waals surface area (Å²) in [6.07, 6.45) is 3.50. The summed E-state index contributed by atoms with van der Waals surface area (Å²) in [5.74, 6) is -0.224. The number of aromatic amines is 1. The molecule has 0 bridgehead atoms. The van der Waals surface area contributed by atoms with E-state index in [1.807, 2.05) is 30.2 Å². The molecule has 0 radical (unpaired) electrons. The first kappa shape index (κ1) is 28.4. The van der Waals surface area contributed by atoms with Gasteiger partial charge in [0.2, 0.25) is 5.91 Å². The van der Waals surface area contributed by atoms with E-state index in [1.165, 1.54) is 16.5 Å². The lowest BCUT2D eigenvalue weighted by atomic mass is 9.87. The van der Waals surface area contributed by atoms with E-state index in [0.29, 0.717) is 30.2 Å². The number of benzene rings is 3. The van der Waals surface area contributed by atoms with Crippen LogP contribution >= 0.6 is 11.6 Å². The average Bonchev–Trinajstić information content (AvgIpc) is 3.33. The van der Waals surface area contributed by atoms with Crippen molar-refractivity contribution in [2.75, 3.05) is 19.6 Å². The third-order valence-corrected chi connectivity index (χ3v) is 7.32. The van der Waals surface area contributed by atoms with Crippen LogP contribution in [0.4, 0.5) is 0 Å². The van der Waals surface area contributed by atoms with Crippen LogP contribution in [0.2, 0.25) is 5.02 Å². The number of H-pyrrole nitrogens is 1. The summed E-state index contributed by atoms with van der Waals surface area (Å²) < 4.78 is 0. The molecular weight excluding hydrogens is 506 g/mol. The Morgan fingerprint density at radius 3 is 2.23 bits per heavy atom. The van der Waals surface area contributed by atoms with E-state index < -0.39 is 0 Å². The highest BCUT2D eigenvalue weighted by atomic mass is 35.5. The molecule has 0 fully saturated rings. The molecule has 0 unspecified atom stereocenters. The van der Waals surface area contributed by atoms with Gasteiger partial charge in [-0.05, 0) is 65.3 Å². The van der Waals surface area contributed by atoms with Crippen molar-refractivity contribution in [3.05, 3.63) is 106 Å². The molecule has 0 aliphatic heterocycles. The van der Waals surface area contributed by atoms with Gasteiger partial charge in [0, 0.05) is 47.3 Å². The Hall–Kier alpha value is -3.57. The minimum absolute atomic E-state index is 0.0310. The molecule has 1 aromatic heterocycles. The number of rotatable bonds is 10. The maximum Gasteiger partial charge on any atom is 0.254 e. The van der Waals surface area contributed by atoms with Crippen LogP contribution < -0.4 is 0 Å². The number of hydrogen-bond donors (Lipinski definition) is 1. The van der Waals surface area contributed by atoms with E-state index in [4.69, 9.17) is 11.6 Å².